The Balaban J connectivity index is 1.30. The predicted octanol–water partition coefficient (Wildman–Crippen LogP) is 7.32. The zero-order valence-electron chi connectivity index (χ0n) is 23.2. The SMILES string of the molecule is COc1ccccc1[C@H]1C2=C(N=c3s/c(=C\c4ccc(OCc5ccc(Cl)cc5)c(Br)c4)c(=O)n31)c1ccccc1CC2. The molecule has 0 amide bonds. The number of nitrogens with zero attached hydrogens (tertiary/aromatic N) is 2. The Morgan fingerprint density at radius 1 is 1.00 bits per heavy atom. The number of fused-ring (bicyclic) bond motifs is 3. The van der Waals surface area contributed by atoms with E-state index >= 15 is 0 Å². The third kappa shape index (κ3) is 5.26. The molecule has 43 heavy (non-hydrogen) atoms. The summed E-state index contributed by atoms with van der Waals surface area (Å²) in [7, 11) is 1.68. The van der Waals surface area contributed by atoms with Crippen molar-refractivity contribution in [1.29, 1.82) is 0 Å². The van der Waals surface area contributed by atoms with E-state index in [4.69, 9.17) is 26.1 Å². The fourth-order valence-corrected chi connectivity index (χ4v) is 7.45. The van der Waals surface area contributed by atoms with Crippen molar-refractivity contribution < 1.29 is 9.47 Å². The van der Waals surface area contributed by atoms with Gasteiger partial charge in [0.1, 0.15) is 18.1 Å². The van der Waals surface area contributed by atoms with Gasteiger partial charge < -0.3 is 9.47 Å². The normalized spacial score (nSPS) is 15.8. The van der Waals surface area contributed by atoms with Gasteiger partial charge in [0.25, 0.3) is 5.56 Å². The summed E-state index contributed by atoms with van der Waals surface area (Å²) in [5.41, 5.74) is 7.34. The summed E-state index contributed by atoms with van der Waals surface area (Å²) in [6, 6.07) is 29.5. The van der Waals surface area contributed by atoms with Gasteiger partial charge in [0.05, 0.1) is 27.9 Å². The first-order valence-electron chi connectivity index (χ1n) is 13.9. The van der Waals surface area contributed by atoms with Crippen LogP contribution in [0.4, 0.5) is 0 Å². The molecule has 1 aromatic heterocycles. The molecule has 0 bridgehead atoms. The quantitative estimate of drug-likeness (QED) is 0.190. The molecule has 7 rings (SSSR count). The molecule has 2 aliphatic rings. The van der Waals surface area contributed by atoms with E-state index < -0.39 is 0 Å². The number of halogens is 2. The maximum Gasteiger partial charge on any atom is 0.271 e. The maximum atomic E-state index is 14.1. The van der Waals surface area contributed by atoms with E-state index in [2.05, 4.69) is 46.3 Å². The number of aromatic nitrogens is 1. The largest absolute Gasteiger partial charge is 0.496 e. The molecule has 0 unspecified atom stereocenters. The molecule has 5 aromatic rings. The average molecular weight is 670 g/mol. The van der Waals surface area contributed by atoms with Crippen LogP contribution in [0.25, 0.3) is 11.8 Å². The molecule has 0 saturated carbocycles. The van der Waals surface area contributed by atoms with Crippen LogP contribution in [-0.2, 0) is 13.0 Å². The minimum absolute atomic E-state index is 0.0655. The van der Waals surface area contributed by atoms with Crippen LogP contribution in [0.2, 0.25) is 5.02 Å². The minimum atomic E-state index is -0.298. The van der Waals surface area contributed by atoms with Crippen molar-refractivity contribution in [1.82, 2.24) is 4.57 Å². The fraction of sp³-hybridized carbons (Fsp3) is 0.143. The molecule has 0 fully saturated rings. The molecular formula is C35H26BrClN2O3S. The highest BCUT2D eigenvalue weighted by molar-refractivity contribution is 9.10. The first-order chi connectivity index (χ1) is 21.0. The molecular weight excluding hydrogens is 644 g/mol. The Morgan fingerprint density at radius 2 is 1.79 bits per heavy atom. The second-order valence-electron chi connectivity index (χ2n) is 10.5. The highest BCUT2D eigenvalue weighted by atomic mass is 79.9. The van der Waals surface area contributed by atoms with Crippen molar-refractivity contribution in [3.8, 4) is 11.5 Å². The van der Waals surface area contributed by atoms with E-state index in [1.54, 1.807) is 7.11 Å². The highest BCUT2D eigenvalue weighted by Crippen LogP contribution is 2.43. The second kappa shape index (κ2) is 11.6. The lowest BCUT2D eigenvalue weighted by Gasteiger charge is -2.31. The predicted molar refractivity (Wildman–Crippen MR) is 176 cm³/mol. The van der Waals surface area contributed by atoms with E-state index in [0.29, 0.717) is 21.0 Å². The van der Waals surface area contributed by atoms with Crippen LogP contribution in [0.15, 0.2) is 111 Å². The van der Waals surface area contributed by atoms with E-state index in [-0.39, 0.29) is 11.6 Å². The van der Waals surface area contributed by atoms with Gasteiger partial charge in [0.15, 0.2) is 4.80 Å². The molecule has 214 valence electrons. The topological polar surface area (TPSA) is 52.8 Å². The number of methoxy groups -OCH3 is 1. The molecule has 0 N–H and O–H groups in total. The summed E-state index contributed by atoms with van der Waals surface area (Å²) in [4.78, 5) is 19.9. The number of rotatable bonds is 6. The maximum absolute atomic E-state index is 14.1. The highest BCUT2D eigenvalue weighted by Gasteiger charge is 2.34. The Hall–Kier alpha value is -3.91. The van der Waals surface area contributed by atoms with Crippen molar-refractivity contribution in [3.63, 3.8) is 0 Å². The Kier molecular flexibility index (Phi) is 7.55. The lowest BCUT2D eigenvalue weighted by atomic mass is 9.83. The van der Waals surface area contributed by atoms with Crippen molar-refractivity contribution >= 4 is 50.6 Å². The third-order valence-electron chi connectivity index (χ3n) is 7.87. The van der Waals surface area contributed by atoms with Crippen LogP contribution in [0.1, 0.15) is 40.3 Å². The summed E-state index contributed by atoms with van der Waals surface area (Å²) in [6.45, 7) is 0.421. The molecule has 5 nitrogen and oxygen atoms in total. The number of allylic oxidation sites excluding steroid dienone is 1. The molecule has 0 radical (unpaired) electrons. The Labute approximate surface area is 266 Å². The van der Waals surface area contributed by atoms with Gasteiger partial charge in [-0.2, -0.15) is 0 Å². The van der Waals surface area contributed by atoms with E-state index in [9.17, 15) is 4.79 Å². The lowest BCUT2D eigenvalue weighted by Crippen LogP contribution is -2.39. The van der Waals surface area contributed by atoms with Crippen LogP contribution >= 0.6 is 38.9 Å². The summed E-state index contributed by atoms with van der Waals surface area (Å²) < 4.78 is 15.1. The van der Waals surface area contributed by atoms with Gasteiger partial charge in [0.2, 0.25) is 0 Å². The Bertz CT molecular complexity index is 2080. The first-order valence-corrected chi connectivity index (χ1v) is 15.9. The summed E-state index contributed by atoms with van der Waals surface area (Å²) >= 11 is 11.1. The molecule has 1 atom stereocenters. The molecule has 8 heteroatoms. The standard InChI is InChI=1S/C35H26BrClN2O3S/c1-41-29-9-5-4-8-26(29)33-27-16-13-23-6-2-3-7-25(23)32(27)38-35-39(33)34(40)31(43-35)19-22-12-17-30(28(36)18-22)42-20-21-10-14-24(37)15-11-21/h2-12,14-15,17-19,33H,13,16,20H2,1H3/b31-19-/t33-/m0/s1. The molecule has 1 aliphatic heterocycles. The van der Waals surface area contributed by atoms with Crippen LogP contribution in [0.3, 0.4) is 0 Å². The fourth-order valence-electron chi connectivity index (χ4n) is 5.81. The van der Waals surface area contributed by atoms with Crippen LogP contribution < -0.4 is 24.4 Å². The molecule has 1 aliphatic carbocycles. The summed E-state index contributed by atoms with van der Waals surface area (Å²) in [5, 5.41) is 0.693. The second-order valence-corrected chi connectivity index (χ2v) is 12.8. The number of para-hydroxylation sites is 1. The van der Waals surface area contributed by atoms with E-state index in [1.165, 1.54) is 16.9 Å². The first kappa shape index (κ1) is 27.9. The van der Waals surface area contributed by atoms with Gasteiger partial charge in [0, 0.05) is 16.1 Å². The van der Waals surface area contributed by atoms with Gasteiger partial charge in [-0.25, -0.2) is 4.99 Å². The van der Waals surface area contributed by atoms with Crippen LogP contribution in [-0.4, -0.2) is 11.7 Å². The van der Waals surface area contributed by atoms with Crippen LogP contribution in [0, 0.1) is 0 Å². The van der Waals surface area contributed by atoms with Crippen molar-refractivity contribution in [2.75, 3.05) is 7.11 Å². The zero-order valence-corrected chi connectivity index (χ0v) is 26.4. The third-order valence-corrected chi connectivity index (χ3v) is 9.72. The van der Waals surface area contributed by atoms with Gasteiger partial charge in [-0.3, -0.25) is 9.36 Å². The van der Waals surface area contributed by atoms with Crippen molar-refractivity contribution in [2.45, 2.75) is 25.5 Å². The molecule has 4 aromatic carbocycles. The number of hydrogen-bond acceptors (Lipinski definition) is 5. The van der Waals surface area contributed by atoms with Gasteiger partial charge >= 0.3 is 0 Å². The van der Waals surface area contributed by atoms with Gasteiger partial charge in [-0.1, -0.05) is 83.6 Å². The number of thiazole rings is 1. The lowest BCUT2D eigenvalue weighted by molar-refractivity contribution is 0.304. The van der Waals surface area contributed by atoms with Gasteiger partial charge in [-0.15, -0.1) is 0 Å². The van der Waals surface area contributed by atoms with Gasteiger partial charge in [-0.05, 0) is 87.4 Å². The summed E-state index contributed by atoms with van der Waals surface area (Å²) in [5.74, 6) is 1.48. The zero-order chi connectivity index (χ0) is 29.5. The molecule has 0 spiro atoms. The van der Waals surface area contributed by atoms with E-state index in [1.807, 2.05) is 71.3 Å². The van der Waals surface area contributed by atoms with Crippen LogP contribution in [0.5, 0.6) is 11.5 Å². The number of hydrogen-bond donors (Lipinski definition) is 0. The Morgan fingerprint density at radius 3 is 2.60 bits per heavy atom. The van der Waals surface area contributed by atoms with E-state index in [0.717, 1.165) is 62.3 Å². The average Bonchev–Trinajstić information content (AvgIpc) is 3.34. The number of ether oxygens (including phenoxy) is 2. The smallest absolute Gasteiger partial charge is 0.271 e. The number of aryl methyl sites for hydroxylation is 1. The summed E-state index contributed by atoms with van der Waals surface area (Å²) in [6.07, 6.45) is 3.65. The number of benzene rings is 4. The van der Waals surface area contributed by atoms with Crippen molar-refractivity contribution in [2.24, 2.45) is 4.99 Å². The minimum Gasteiger partial charge on any atom is -0.496 e. The molecule has 2 heterocycles. The molecule has 0 saturated heterocycles. The van der Waals surface area contributed by atoms with Crippen molar-refractivity contribution in [3.05, 3.63) is 154 Å². The monoisotopic (exact) mass is 668 g/mol.